The fourth-order valence-corrected chi connectivity index (χ4v) is 3.80. The van der Waals surface area contributed by atoms with Gasteiger partial charge in [-0.05, 0) is 6.07 Å². The molecule has 0 bridgehead atoms. The number of amides is 3. The Kier molecular flexibility index (Phi) is 3.68. The molecule has 0 radical (unpaired) electrons. The van der Waals surface area contributed by atoms with Crippen LogP contribution in [0, 0.1) is 0 Å². The first-order chi connectivity index (χ1) is 13.7. The van der Waals surface area contributed by atoms with Crippen molar-refractivity contribution in [3.05, 3.63) is 72.0 Å². The zero-order valence-corrected chi connectivity index (χ0v) is 14.9. The average Bonchev–Trinajstić information content (AvgIpc) is 3.29. The van der Waals surface area contributed by atoms with Crippen molar-refractivity contribution in [2.45, 2.75) is 18.5 Å². The molecule has 1 unspecified atom stereocenters. The van der Waals surface area contributed by atoms with E-state index < -0.39 is 11.6 Å². The van der Waals surface area contributed by atoms with Gasteiger partial charge in [0.15, 0.2) is 11.3 Å². The Morgan fingerprint density at radius 2 is 1.86 bits per heavy atom. The van der Waals surface area contributed by atoms with Crippen molar-refractivity contribution in [1.82, 2.24) is 15.4 Å². The highest BCUT2D eigenvalue weighted by Gasteiger charge is 2.54. The number of nitrogens with one attached hydrogen (secondary N) is 1. The molecule has 0 saturated carbocycles. The van der Waals surface area contributed by atoms with Gasteiger partial charge in [-0.2, -0.15) is 0 Å². The summed E-state index contributed by atoms with van der Waals surface area (Å²) in [6.07, 6.45) is 0.386. The van der Waals surface area contributed by atoms with Crippen LogP contribution < -0.4 is 10.1 Å². The minimum absolute atomic E-state index is 0.0231. The van der Waals surface area contributed by atoms with Crippen LogP contribution >= 0.6 is 0 Å². The van der Waals surface area contributed by atoms with E-state index in [1.165, 1.54) is 4.90 Å². The molecule has 2 aliphatic rings. The molecule has 2 aromatic carbocycles. The first kappa shape index (κ1) is 16.6. The molecular weight excluding hydrogens is 358 g/mol. The lowest BCUT2D eigenvalue weighted by molar-refractivity contribution is -0.133. The van der Waals surface area contributed by atoms with E-state index in [1.807, 2.05) is 48.5 Å². The van der Waals surface area contributed by atoms with E-state index in [9.17, 15) is 9.59 Å². The third-order valence-electron chi connectivity index (χ3n) is 5.20. The van der Waals surface area contributed by atoms with Crippen molar-refractivity contribution in [3.8, 4) is 17.0 Å². The smallest absolute Gasteiger partial charge is 0.325 e. The van der Waals surface area contributed by atoms with Crippen LogP contribution in [0.25, 0.3) is 11.3 Å². The molecule has 1 N–H and O–H groups in total. The maximum Gasteiger partial charge on any atom is 0.325 e. The number of rotatable bonds is 3. The summed E-state index contributed by atoms with van der Waals surface area (Å²) in [6.45, 7) is 0.382. The number of nitrogens with zero attached hydrogens (tertiary/aromatic N) is 2. The highest BCUT2D eigenvalue weighted by molar-refractivity contribution is 6.07. The molecule has 1 aromatic heterocycles. The average molecular weight is 375 g/mol. The lowest BCUT2D eigenvalue weighted by atomic mass is 9.84. The highest BCUT2D eigenvalue weighted by Crippen LogP contribution is 2.41. The van der Waals surface area contributed by atoms with Gasteiger partial charge >= 0.3 is 6.03 Å². The molecule has 1 saturated heterocycles. The number of urea groups is 1. The van der Waals surface area contributed by atoms with Gasteiger partial charge in [0.2, 0.25) is 0 Å². The molecule has 140 valence electrons. The van der Waals surface area contributed by atoms with Crippen molar-refractivity contribution in [1.29, 1.82) is 0 Å². The fourth-order valence-electron chi connectivity index (χ4n) is 3.80. The van der Waals surface area contributed by atoms with Gasteiger partial charge in [-0.1, -0.05) is 53.7 Å². The number of ether oxygens (including phenoxy) is 1. The third kappa shape index (κ3) is 2.47. The predicted octanol–water partition coefficient (Wildman–Crippen LogP) is 3.07. The second kappa shape index (κ2) is 6.23. The van der Waals surface area contributed by atoms with E-state index in [2.05, 4.69) is 10.5 Å². The Morgan fingerprint density at radius 1 is 1.07 bits per heavy atom. The van der Waals surface area contributed by atoms with Gasteiger partial charge < -0.3 is 14.6 Å². The fraction of sp³-hybridized carbons (Fsp3) is 0.190. The molecule has 7 heteroatoms. The summed E-state index contributed by atoms with van der Waals surface area (Å²) < 4.78 is 11.0. The first-order valence-electron chi connectivity index (χ1n) is 9.05. The molecular formula is C21H17N3O4. The number of imide groups is 1. The molecule has 28 heavy (non-hydrogen) atoms. The number of aromatic nitrogens is 1. The molecule has 0 aliphatic carbocycles. The Bertz CT molecular complexity index is 1060. The molecule has 5 rings (SSSR count). The van der Waals surface area contributed by atoms with Crippen LogP contribution in [0.15, 0.2) is 65.2 Å². The zero-order valence-electron chi connectivity index (χ0n) is 14.9. The van der Waals surface area contributed by atoms with E-state index in [0.29, 0.717) is 35.8 Å². The second-order valence-corrected chi connectivity index (χ2v) is 6.87. The van der Waals surface area contributed by atoms with Gasteiger partial charge in [0.05, 0.1) is 13.2 Å². The topological polar surface area (TPSA) is 84.7 Å². The Morgan fingerprint density at radius 3 is 2.71 bits per heavy atom. The van der Waals surface area contributed by atoms with Gasteiger partial charge in [-0.3, -0.25) is 9.69 Å². The van der Waals surface area contributed by atoms with Gasteiger partial charge in [-0.25, -0.2) is 4.79 Å². The van der Waals surface area contributed by atoms with Crippen LogP contribution in [0.1, 0.15) is 17.7 Å². The minimum atomic E-state index is -1.09. The lowest BCUT2D eigenvalue weighted by Gasteiger charge is -2.33. The van der Waals surface area contributed by atoms with Crippen LogP contribution in [0.4, 0.5) is 4.79 Å². The number of carbonyl (C=O) groups is 2. The van der Waals surface area contributed by atoms with Gasteiger partial charge in [-0.15, -0.1) is 0 Å². The van der Waals surface area contributed by atoms with Crippen LogP contribution in [-0.2, 0) is 16.9 Å². The Balaban J connectivity index is 1.43. The van der Waals surface area contributed by atoms with Crippen molar-refractivity contribution >= 4 is 11.9 Å². The van der Waals surface area contributed by atoms with Gasteiger partial charge in [0.25, 0.3) is 5.91 Å². The summed E-state index contributed by atoms with van der Waals surface area (Å²) in [5, 5.41) is 6.93. The number of benzene rings is 2. The first-order valence-corrected chi connectivity index (χ1v) is 9.05. The standard InChI is InChI=1S/C21H17N3O4/c25-19-21(10-11-27-18-9-5-4-8-16(18)21)22-20(26)24(19)13-15-12-17(23-28-15)14-6-2-1-3-7-14/h1-9,12H,10-11,13H2,(H,22,26). The molecule has 3 aromatic rings. The van der Waals surface area contributed by atoms with Crippen LogP contribution in [0.2, 0.25) is 0 Å². The van der Waals surface area contributed by atoms with Crippen molar-refractivity contribution in [3.63, 3.8) is 0 Å². The van der Waals surface area contributed by atoms with Crippen molar-refractivity contribution in [2.24, 2.45) is 0 Å². The Labute approximate surface area is 160 Å². The maximum absolute atomic E-state index is 13.3. The number of para-hydroxylation sites is 1. The summed E-state index contributed by atoms with van der Waals surface area (Å²) in [4.78, 5) is 27.1. The third-order valence-corrected chi connectivity index (χ3v) is 5.20. The highest BCUT2D eigenvalue weighted by atomic mass is 16.5. The molecule has 3 heterocycles. The monoisotopic (exact) mass is 375 g/mol. The van der Waals surface area contributed by atoms with Crippen molar-refractivity contribution < 1.29 is 18.8 Å². The summed E-state index contributed by atoms with van der Waals surface area (Å²) >= 11 is 0. The zero-order chi connectivity index (χ0) is 19.1. The minimum Gasteiger partial charge on any atom is -0.493 e. The predicted molar refractivity (Wildman–Crippen MR) is 99.3 cm³/mol. The van der Waals surface area contributed by atoms with Crippen LogP contribution in [0.5, 0.6) is 5.75 Å². The number of carbonyl (C=O) groups excluding carboxylic acids is 2. The largest absolute Gasteiger partial charge is 0.493 e. The van der Waals surface area contributed by atoms with E-state index in [0.717, 1.165) is 5.56 Å². The molecule has 1 spiro atoms. The molecule has 1 fully saturated rings. The summed E-state index contributed by atoms with van der Waals surface area (Å²) in [7, 11) is 0. The molecule has 2 aliphatic heterocycles. The quantitative estimate of drug-likeness (QED) is 0.711. The second-order valence-electron chi connectivity index (χ2n) is 6.87. The molecule has 7 nitrogen and oxygen atoms in total. The van der Waals surface area contributed by atoms with E-state index in [4.69, 9.17) is 9.26 Å². The van der Waals surface area contributed by atoms with Gasteiger partial charge in [0, 0.05) is 23.6 Å². The number of fused-ring (bicyclic) bond motifs is 2. The van der Waals surface area contributed by atoms with E-state index in [-0.39, 0.29) is 12.5 Å². The van der Waals surface area contributed by atoms with E-state index in [1.54, 1.807) is 12.1 Å². The van der Waals surface area contributed by atoms with Crippen LogP contribution in [0.3, 0.4) is 0 Å². The molecule has 1 atom stereocenters. The summed E-state index contributed by atoms with van der Waals surface area (Å²) in [5.74, 6) is 0.765. The van der Waals surface area contributed by atoms with Gasteiger partial charge in [0.1, 0.15) is 11.4 Å². The summed E-state index contributed by atoms with van der Waals surface area (Å²) in [5.41, 5.74) is 1.16. The Hall–Kier alpha value is -3.61. The molecule has 3 amide bonds. The maximum atomic E-state index is 13.3. The van der Waals surface area contributed by atoms with E-state index >= 15 is 0 Å². The lowest BCUT2D eigenvalue weighted by Crippen LogP contribution is -2.47. The normalized spacial score (nSPS) is 20.8. The van der Waals surface area contributed by atoms with Crippen molar-refractivity contribution in [2.75, 3.05) is 6.61 Å². The SMILES string of the molecule is O=C1NC2(CCOc3ccccc32)C(=O)N1Cc1cc(-c2ccccc2)no1. The summed E-state index contributed by atoms with van der Waals surface area (Å²) in [6, 6.07) is 18.2. The van der Waals surface area contributed by atoms with Crippen LogP contribution in [-0.4, -0.2) is 28.6 Å². The number of hydrogen-bond donors (Lipinski definition) is 1. The number of hydrogen-bond acceptors (Lipinski definition) is 5.